The average molecular weight is 329 g/mol. The molecule has 5 nitrogen and oxygen atoms in total. The van der Waals surface area contributed by atoms with Gasteiger partial charge in [-0.1, -0.05) is 18.2 Å². The van der Waals surface area contributed by atoms with Gasteiger partial charge in [-0.15, -0.1) is 11.3 Å². The molecule has 0 bridgehead atoms. The van der Waals surface area contributed by atoms with Gasteiger partial charge >= 0.3 is 0 Å². The Labute approximate surface area is 139 Å². The normalized spacial score (nSPS) is 16.3. The van der Waals surface area contributed by atoms with E-state index in [9.17, 15) is 9.59 Å². The lowest BCUT2D eigenvalue weighted by Crippen LogP contribution is -2.47. The van der Waals surface area contributed by atoms with E-state index in [1.165, 1.54) is 6.92 Å². The third kappa shape index (κ3) is 2.99. The molecule has 120 valence electrons. The van der Waals surface area contributed by atoms with Gasteiger partial charge in [-0.05, 0) is 25.5 Å². The minimum absolute atomic E-state index is 0.115. The third-order valence-electron chi connectivity index (χ3n) is 4.05. The summed E-state index contributed by atoms with van der Waals surface area (Å²) in [5, 5.41) is 3.92. The maximum Gasteiger partial charge on any atom is 0.243 e. The van der Waals surface area contributed by atoms with Crippen LogP contribution in [-0.2, 0) is 22.6 Å². The van der Waals surface area contributed by atoms with E-state index in [4.69, 9.17) is 0 Å². The van der Waals surface area contributed by atoms with Gasteiger partial charge in [0.15, 0.2) is 0 Å². The van der Waals surface area contributed by atoms with Crippen molar-refractivity contribution >= 4 is 28.8 Å². The molecule has 1 atom stereocenters. The van der Waals surface area contributed by atoms with E-state index in [0.29, 0.717) is 13.0 Å². The summed E-state index contributed by atoms with van der Waals surface area (Å²) in [7, 11) is 0. The van der Waals surface area contributed by atoms with Crippen molar-refractivity contribution in [2.45, 2.75) is 39.8 Å². The van der Waals surface area contributed by atoms with Gasteiger partial charge in [0, 0.05) is 23.9 Å². The second-order valence-electron chi connectivity index (χ2n) is 5.69. The van der Waals surface area contributed by atoms with Crippen LogP contribution in [0.4, 0.5) is 5.69 Å². The Morgan fingerprint density at radius 3 is 2.74 bits per heavy atom. The van der Waals surface area contributed by atoms with Crippen LogP contribution < -0.4 is 10.2 Å². The Bertz CT molecular complexity index is 769. The molecule has 2 aromatic rings. The first-order valence-corrected chi connectivity index (χ1v) is 8.37. The quantitative estimate of drug-likeness (QED) is 0.940. The lowest BCUT2D eigenvalue weighted by molar-refractivity contribution is -0.125. The van der Waals surface area contributed by atoms with Crippen molar-refractivity contribution in [2.75, 3.05) is 4.90 Å². The highest BCUT2D eigenvalue weighted by Crippen LogP contribution is 2.32. The second kappa shape index (κ2) is 6.12. The molecule has 1 aromatic carbocycles. The molecular formula is C17H19N3O2S. The van der Waals surface area contributed by atoms with Crippen LogP contribution in [0.3, 0.4) is 0 Å². The molecule has 0 saturated carbocycles. The molecular weight excluding hydrogens is 310 g/mol. The summed E-state index contributed by atoms with van der Waals surface area (Å²) < 4.78 is 0. The molecule has 0 radical (unpaired) electrons. The second-order valence-corrected chi connectivity index (χ2v) is 7.10. The highest BCUT2D eigenvalue weighted by atomic mass is 32.1. The predicted molar refractivity (Wildman–Crippen MR) is 90.5 cm³/mol. The fraction of sp³-hybridized carbons (Fsp3) is 0.353. The lowest BCUT2D eigenvalue weighted by atomic mass is 10.1. The van der Waals surface area contributed by atoms with Gasteiger partial charge in [0.2, 0.25) is 11.8 Å². The van der Waals surface area contributed by atoms with E-state index in [2.05, 4.69) is 10.3 Å². The van der Waals surface area contributed by atoms with E-state index in [0.717, 1.165) is 26.8 Å². The van der Waals surface area contributed by atoms with E-state index in [-0.39, 0.29) is 11.8 Å². The average Bonchev–Trinajstić information content (AvgIpc) is 3.04. The number of hydrogen-bond donors (Lipinski definition) is 1. The summed E-state index contributed by atoms with van der Waals surface area (Å²) in [5.74, 6) is -0.253. The van der Waals surface area contributed by atoms with Gasteiger partial charge in [-0.25, -0.2) is 4.98 Å². The fourth-order valence-electron chi connectivity index (χ4n) is 3.01. The number of nitrogens with zero attached hydrogens (tertiary/aromatic N) is 2. The third-order valence-corrected chi connectivity index (χ3v) is 4.98. The topological polar surface area (TPSA) is 62.3 Å². The molecule has 0 saturated heterocycles. The number of anilines is 1. The number of aryl methyl sites for hydroxylation is 2. The fourth-order valence-corrected chi connectivity index (χ4v) is 3.84. The number of nitrogens with one attached hydrogen (secondary N) is 1. The smallest absolute Gasteiger partial charge is 0.243 e. The zero-order valence-corrected chi connectivity index (χ0v) is 14.2. The van der Waals surface area contributed by atoms with Crippen LogP contribution in [0.5, 0.6) is 0 Å². The van der Waals surface area contributed by atoms with Gasteiger partial charge in [0.25, 0.3) is 0 Å². The van der Waals surface area contributed by atoms with Crippen LogP contribution in [0.2, 0.25) is 0 Å². The van der Waals surface area contributed by atoms with Crippen molar-refractivity contribution < 1.29 is 9.59 Å². The maximum atomic E-state index is 12.6. The molecule has 2 heterocycles. The number of amides is 2. The first kappa shape index (κ1) is 15.7. The van der Waals surface area contributed by atoms with Crippen molar-refractivity contribution in [2.24, 2.45) is 0 Å². The molecule has 0 fully saturated rings. The van der Waals surface area contributed by atoms with Crippen LogP contribution in [-0.4, -0.2) is 22.8 Å². The van der Waals surface area contributed by atoms with E-state index < -0.39 is 6.04 Å². The van der Waals surface area contributed by atoms with Gasteiger partial charge in [-0.2, -0.15) is 0 Å². The van der Waals surface area contributed by atoms with Crippen molar-refractivity contribution in [1.82, 2.24) is 10.3 Å². The van der Waals surface area contributed by atoms with E-state index in [1.807, 2.05) is 38.1 Å². The first-order chi connectivity index (χ1) is 11.0. The van der Waals surface area contributed by atoms with Crippen LogP contribution in [0.15, 0.2) is 24.3 Å². The summed E-state index contributed by atoms with van der Waals surface area (Å²) >= 11 is 1.62. The SMILES string of the molecule is CC(=O)N1c2ccccc2C[C@H]1C(=O)NCc1nc(C)sc1C. The van der Waals surface area contributed by atoms with Crippen molar-refractivity contribution in [1.29, 1.82) is 0 Å². The van der Waals surface area contributed by atoms with Crippen molar-refractivity contribution in [3.63, 3.8) is 0 Å². The number of carbonyl (C=O) groups is 2. The van der Waals surface area contributed by atoms with Gasteiger partial charge < -0.3 is 5.32 Å². The van der Waals surface area contributed by atoms with Crippen LogP contribution in [0.25, 0.3) is 0 Å². The first-order valence-electron chi connectivity index (χ1n) is 7.55. The van der Waals surface area contributed by atoms with Gasteiger partial charge in [0.1, 0.15) is 6.04 Å². The predicted octanol–water partition coefficient (Wildman–Crippen LogP) is 2.35. The summed E-state index contributed by atoms with van der Waals surface area (Å²) in [6.07, 6.45) is 0.552. The highest BCUT2D eigenvalue weighted by Gasteiger charge is 2.36. The summed E-state index contributed by atoms with van der Waals surface area (Å²) in [4.78, 5) is 31.7. The molecule has 23 heavy (non-hydrogen) atoms. The van der Waals surface area contributed by atoms with Crippen molar-refractivity contribution in [3.05, 3.63) is 45.4 Å². The zero-order valence-electron chi connectivity index (χ0n) is 13.4. The molecule has 1 aliphatic heterocycles. The maximum absolute atomic E-state index is 12.6. The van der Waals surface area contributed by atoms with Crippen LogP contribution in [0.1, 0.15) is 28.1 Å². The monoisotopic (exact) mass is 329 g/mol. The Morgan fingerprint density at radius 2 is 2.09 bits per heavy atom. The zero-order chi connectivity index (χ0) is 16.6. The molecule has 3 rings (SSSR count). The number of fused-ring (bicyclic) bond motifs is 1. The minimum Gasteiger partial charge on any atom is -0.349 e. The van der Waals surface area contributed by atoms with Crippen molar-refractivity contribution in [3.8, 4) is 0 Å². The number of aromatic nitrogens is 1. The summed E-state index contributed by atoms with van der Waals surface area (Å²) in [6.45, 7) is 5.84. The minimum atomic E-state index is -0.482. The molecule has 0 aliphatic carbocycles. The number of hydrogen-bond acceptors (Lipinski definition) is 4. The molecule has 2 amide bonds. The Balaban J connectivity index is 1.75. The number of rotatable bonds is 3. The Hall–Kier alpha value is -2.21. The number of thiazole rings is 1. The van der Waals surface area contributed by atoms with E-state index in [1.54, 1.807) is 16.2 Å². The standard InChI is InChI=1S/C17H19N3O2S/c1-10-14(19-11(2)23-10)9-18-17(22)16-8-13-6-4-5-7-15(13)20(16)12(3)21/h4-7,16H,8-9H2,1-3H3,(H,18,22)/t16-/m0/s1. The number of carbonyl (C=O) groups excluding carboxylic acids is 2. The van der Waals surface area contributed by atoms with Crippen LogP contribution >= 0.6 is 11.3 Å². The molecule has 1 N–H and O–H groups in total. The number of para-hydroxylation sites is 1. The lowest BCUT2D eigenvalue weighted by Gasteiger charge is -2.23. The highest BCUT2D eigenvalue weighted by molar-refractivity contribution is 7.11. The number of benzene rings is 1. The molecule has 0 spiro atoms. The molecule has 0 unspecified atom stereocenters. The van der Waals surface area contributed by atoms with E-state index >= 15 is 0 Å². The summed E-state index contributed by atoms with van der Waals surface area (Å²) in [5.41, 5.74) is 2.76. The van der Waals surface area contributed by atoms with Crippen LogP contribution in [0, 0.1) is 13.8 Å². The molecule has 1 aliphatic rings. The van der Waals surface area contributed by atoms with Gasteiger partial charge in [0.05, 0.1) is 17.2 Å². The molecule has 6 heteroatoms. The summed E-state index contributed by atoms with van der Waals surface area (Å²) in [6, 6.07) is 7.18. The Morgan fingerprint density at radius 1 is 1.35 bits per heavy atom. The Kier molecular flexibility index (Phi) is 4.17. The van der Waals surface area contributed by atoms with Gasteiger partial charge in [-0.3, -0.25) is 14.5 Å². The largest absolute Gasteiger partial charge is 0.349 e. The molecule has 1 aromatic heterocycles.